The summed E-state index contributed by atoms with van der Waals surface area (Å²) >= 11 is 0. The van der Waals surface area contributed by atoms with Gasteiger partial charge in [0, 0.05) is 32.7 Å². The van der Waals surface area contributed by atoms with E-state index in [1.54, 1.807) is 0 Å². The summed E-state index contributed by atoms with van der Waals surface area (Å²) in [6.45, 7) is 5.66. The molecule has 138 valence electrons. The lowest BCUT2D eigenvalue weighted by molar-refractivity contribution is -0.114. The molecule has 0 atom stereocenters. The Balaban J connectivity index is 1.74. The van der Waals surface area contributed by atoms with Crippen LogP contribution in [0.2, 0.25) is 0 Å². The zero-order valence-electron chi connectivity index (χ0n) is 15.8. The topological polar surface area (TPSA) is 65.5 Å². The van der Waals surface area contributed by atoms with Crippen molar-refractivity contribution in [2.75, 3.05) is 25.5 Å². The maximum absolute atomic E-state index is 11.0. The summed E-state index contributed by atoms with van der Waals surface area (Å²) < 4.78 is 0. The molecule has 1 aliphatic rings. The number of guanidine groups is 1. The van der Waals surface area contributed by atoms with Crippen molar-refractivity contribution in [3.63, 3.8) is 0 Å². The predicted molar refractivity (Wildman–Crippen MR) is 105 cm³/mol. The summed E-state index contributed by atoms with van der Waals surface area (Å²) in [4.78, 5) is 15.4. The van der Waals surface area contributed by atoms with E-state index in [0.29, 0.717) is 5.41 Å². The normalized spacial score (nSPS) is 16.5. The minimum absolute atomic E-state index is 0.0450. The third-order valence-electron chi connectivity index (χ3n) is 5.25. The van der Waals surface area contributed by atoms with Crippen LogP contribution in [0.15, 0.2) is 29.3 Å². The van der Waals surface area contributed by atoms with Crippen LogP contribution in [0.25, 0.3) is 0 Å². The average Bonchev–Trinajstić information content (AvgIpc) is 3.08. The molecule has 1 amide bonds. The van der Waals surface area contributed by atoms with E-state index in [9.17, 15) is 4.79 Å². The van der Waals surface area contributed by atoms with E-state index < -0.39 is 0 Å². The van der Waals surface area contributed by atoms with E-state index in [0.717, 1.165) is 31.2 Å². The van der Waals surface area contributed by atoms with Crippen LogP contribution < -0.4 is 16.0 Å². The lowest BCUT2D eigenvalue weighted by Crippen LogP contribution is -2.43. The Hall–Kier alpha value is -2.04. The first kappa shape index (κ1) is 19.3. The molecule has 0 aromatic heterocycles. The molecule has 1 fully saturated rings. The average molecular weight is 345 g/mol. The van der Waals surface area contributed by atoms with Crippen molar-refractivity contribution < 1.29 is 4.79 Å². The molecule has 0 saturated heterocycles. The summed E-state index contributed by atoms with van der Waals surface area (Å²) in [5, 5.41) is 9.69. The number of aliphatic imine (C=N–C) groups is 1. The van der Waals surface area contributed by atoms with E-state index in [-0.39, 0.29) is 5.91 Å². The van der Waals surface area contributed by atoms with Gasteiger partial charge in [-0.2, -0.15) is 0 Å². The number of carbonyl (C=O) groups is 1. The largest absolute Gasteiger partial charge is 0.356 e. The summed E-state index contributed by atoms with van der Waals surface area (Å²) in [7, 11) is 1.82. The van der Waals surface area contributed by atoms with Gasteiger partial charge in [0.1, 0.15) is 0 Å². The van der Waals surface area contributed by atoms with Crippen LogP contribution in [-0.4, -0.2) is 32.0 Å². The molecule has 0 heterocycles. The van der Waals surface area contributed by atoms with Crippen molar-refractivity contribution in [2.45, 2.75) is 52.4 Å². The fraction of sp³-hybridized carbons (Fsp3) is 0.600. The molecule has 1 saturated carbocycles. The highest BCUT2D eigenvalue weighted by Crippen LogP contribution is 2.40. The van der Waals surface area contributed by atoms with Gasteiger partial charge in [0.15, 0.2) is 5.96 Å². The zero-order chi connectivity index (χ0) is 18.1. The third kappa shape index (κ3) is 6.07. The molecular weight excluding hydrogens is 312 g/mol. The van der Waals surface area contributed by atoms with Crippen molar-refractivity contribution in [1.29, 1.82) is 0 Å². The van der Waals surface area contributed by atoms with Crippen LogP contribution >= 0.6 is 0 Å². The second-order valence-electron chi connectivity index (χ2n) is 7.04. The minimum Gasteiger partial charge on any atom is -0.356 e. The quantitative estimate of drug-likeness (QED) is 0.525. The third-order valence-corrected chi connectivity index (χ3v) is 5.25. The Morgan fingerprint density at radius 2 is 1.84 bits per heavy atom. The molecule has 0 bridgehead atoms. The Morgan fingerprint density at radius 3 is 2.40 bits per heavy atom. The zero-order valence-corrected chi connectivity index (χ0v) is 15.8. The molecule has 5 nitrogen and oxygen atoms in total. The van der Waals surface area contributed by atoms with Crippen LogP contribution in [0.1, 0.15) is 51.5 Å². The molecule has 5 heteroatoms. The first-order chi connectivity index (χ1) is 12.1. The molecule has 2 rings (SSSR count). The number of anilines is 1. The lowest BCUT2D eigenvalue weighted by atomic mass is 9.83. The van der Waals surface area contributed by atoms with Crippen molar-refractivity contribution in [3.05, 3.63) is 29.8 Å². The minimum atomic E-state index is -0.0450. The van der Waals surface area contributed by atoms with E-state index in [4.69, 9.17) is 0 Å². The van der Waals surface area contributed by atoms with Crippen LogP contribution in [-0.2, 0) is 11.2 Å². The van der Waals surface area contributed by atoms with Crippen molar-refractivity contribution >= 4 is 17.6 Å². The van der Waals surface area contributed by atoms with Gasteiger partial charge in [-0.1, -0.05) is 31.9 Å². The number of hydrogen-bond acceptors (Lipinski definition) is 2. The number of carbonyl (C=O) groups excluding carboxylic acids is 1. The van der Waals surface area contributed by atoms with E-state index >= 15 is 0 Å². The van der Waals surface area contributed by atoms with Gasteiger partial charge >= 0.3 is 0 Å². The molecule has 1 aromatic carbocycles. The van der Waals surface area contributed by atoms with E-state index in [1.807, 2.05) is 31.3 Å². The number of benzene rings is 1. The number of nitrogens with one attached hydrogen (secondary N) is 3. The van der Waals surface area contributed by atoms with Gasteiger partial charge < -0.3 is 16.0 Å². The molecule has 0 radical (unpaired) electrons. The molecule has 1 aromatic rings. The molecule has 0 aliphatic heterocycles. The second-order valence-corrected chi connectivity index (χ2v) is 7.04. The van der Waals surface area contributed by atoms with Gasteiger partial charge in [0.05, 0.1) is 0 Å². The number of hydrogen-bond donors (Lipinski definition) is 3. The van der Waals surface area contributed by atoms with Crippen LogP contribution in [0.5, 0.6) is 0 Å². The smallest absolute Gasteiger partial charge is 0.221 e. The Bertz CT molecular complexity index is 574. The predicted octanol–water partition coefficient (Wildman–Crippen LogP) is 3.32. The lowest BCUT2D eigenvalue weighted by Gasteiger charge is -2.28. The van der Waals surface area contributed by atoms with Crippen LogP contribution in [0, 0.1) is 5.41 Å². The first-order valence-corrected chi connectivity index (χ1v) is 9.38. The Kier molecular flexibility index (Phi) is 7.29. The number of amides is 1. The first-order valence-electron chi connectivity index (χ1n) is 9.38. The molecule has 25 heavy (non-hydrogen) atoms. The van der Waals surface area contributed by atoms with Gasteiger partial charge in [-0.3, -0.25) is 9.79 Å². The van der Waals surface area contributed by atoms with Gasteiger partial charge in [-0.25, -0.2) is 0 Å². The highest BCUT2D eigenvalue weighted by Gasteiger charge is 2.31. The van der Waals surface area contributed by atoms with Gasteiger partial charge in [-0.05, 0) is 48.8 Å². The standard InChI is InChI=1S/C20H32N4O/c1-4-20(12-5-6-13-20)15-23-19(21-3)22-14-11-17-7-9-18(10-8-17)24-16(2)25/h7-10H,4-6,11-15H2,1-3H3,(H,24,25)(H2,21,22,23). The monoisotopic (exact) mass is 344 g/mol. The van der Waals surface area contributed by atoms with Crippen LogP contribution in [0.4, 0.5) is 5.69 Å². The van der Waals surface area contributed by atoms with E-state index in [2.05, 4.69) is 27.9 Å². The molecule has 0 unspecified atom stereocenters. The van der Waals surface area contributed by atoms with Gasteiger partial charge in [0.25, 0.3) is 0 Å². The highest BCUT2D eigenvalue weighted by molar-refractivity contribution is 5.88. The highest BCUT2D eigenvalue weighted by atomic mass is 16.1. The molecule has 0 spiro atoms. The number of nitrogens with zero attached hydrogens (tertiary/aromatic N) is 1. The summed E-state index contributed by atoms with van der Waals surface area (Å²) in [6, 6.07) is 7.98. The molecular formula is C20H32N4O. The van der Waals surface area contributed by atoms with Crippen molar-refractivity contribution in [1.82, 2.24) is 10.6 Å². The SMILES string of the molecule is CCC1(CNC(=NC)NCCc2ccc(NC(C)=O)cc2)CCCC1. The Morgan fingerprint density at radius 1 is 1.16 bits per heavy atom. The second kappa shape index (κ2) is 9.44. The maximum atomic E-state index is 11.0. The Labute approximate surface area is 151 Å². The van der Waals surface area contributed by atoms with Crippen LogP contribution in [0.3, 0.4) is 0 Å². The summed E-state index contributed by atoms with van der Waals surface area (Å²) in [5.41, 5.74) is 2.53. The molecule has 3 N–H and O–H groups in total. The maximum Gasteiger partial charge on any atom is 0.221 e. The van der Waals surface area contributed by atoms with Gasteiger partial charge in [0.2, 0.25) is 5.91 Å². The fourth-order valence-corrected chi connectivity index (χ4v) is 3.56. The fourth-order valence-electron chi connectivity index (χ4n) is 3.56. The summed E-state index contributed by atoms with van der Waals surface area (Å²) in [5.74, 6) is 0.839. The molecule has 1 aliphatic carbocycles. The summed E-state index contributed by atoms with van der Waals surface area (Å²) in [6.07, 6.45) is 7.52. The van der Waals surface area contributed by atoms with Crippen molar-refractivity contribution in [2.24, 2.45) is 10.4 Å². The van der Waals surface area contributed by atoms with Crippen molar-refractivity contribution in [3.8, 4) is 0 Å². The van der Waals surface area contributed by atoms with E-state index in [1.165, 1.54) is 44.6 Å². The van der Waals surface area contributed by atoms with Gasteiger partial charge in [-0.15, -0.1) is 0 Å². The number of rotatable bonds is 7.